The first-order chi connectivity index (χ1) is 6.18. The molecule has 0 bridgehead atoms. The fourth-order valence-electron chi connectivity index (χ4n) is 2.79. The third kappa shape index (κ3) is 1.47. The molecule has 0 aromatic carbocycles. The van der Waals surface area contributed by atoms with Crippen LogP contribution in [0.25, 0.3) is 0 Å². The highest BCUT2D eigenvalue weighted by atomic mass is 19.3. The smallest absolute Gasteiger partial charge is 0.254 e. The Balaban J connectivity index is 1.94. The molecule has 1 saturated heterocycles. The fraction of sp³-hybridized carbons (Fsp3) is 1.00. The van der Waals surface area contributed by atoms with Crippen molar-refractivity contribution in [3.63, 3.8) is 0 Å². The molecule has 0 radical (unpaired) electrons. The number of alkyl halides is 2. The average molecular weight is 189 g/mol. The predicted molar refractivity (Wildman–Crippen MR) is 47.8 cm³/mol. The molecule has 0 aromatic rings. The topological polar surface area (TPSA) is 12.0 Å². The number of hydrogen-bond donors (Lipinski definition) is 1. The molecule has 0 spiro atoms. The molecule has 2 rings (SSSR count). The molecule has 1 nitrogen and oxygen atoms in total. The van der Waals surface area contributed by atoms with Crippen molar-refractivity contribution in [2.45, 2.75) is 32.1 Å². The van der Waals surface area contributed by atoms with E-state index in [0.717, 1.165) is 25.9 Å². The van der Waals surface area contributed by atoms with E-state index in [1.165, 1.54) is 0 Å². The van der Waals surface area contributed by atoms with Gasteiger partial charge in [-0.3, -0.25) is 0 Å². The van der Waals surface area contributed by atoms with Gasteiger partial charge in [0.05, 0.1) is 0 Å². The maximum absolute atomic E-state index is 13.2. The van der Waals surface area contributed by atoms with Gasteiger partial charge in [-0.1, -0.05) is 6.92 Å². The number of piperidine rings is 1. The van der Waals surface area contributed by atoms with E-state index in [1.54, 1.807) is 0 Å². The Morgan fingerprint density at radius 2 is 1.92 bits per heavy atom. The molecular weight excluding hydrogens is 172 g/mol. The molecule has 1 heterocycles. The molecule has 0 amide bonds. The molecule has 2 aliphatic rings. The van der Waals surface area contributed by atoms with E-state index in [9.17, 15) is 8.78 Å². The lowest BCUT2D eigenvalue weighted by molar-refractivity contribution is 0.0694. The van der Waals surface area contributed by atoms with E-state index < -0.39 is 5.92 Å². The molecule has 0 aromatic heterocycles. The van der Waals surface area contributed by atoms with Gasteiger partial charge in [-0.25, -0.2) is 8.78 Å². The van der Waals surface area contributed by atoms with Gasteiger partial charge in [-0.2, -0.15) is 0 Å². The van der Waals surface area contributed by atoms with E-state index in [-0.39, 0.29) is 17.8 Å². The Labute approximate surface area is 77.9 Å². The second kappa shape index (κ2) is 3.19. The molecule has 1 aliphatic carbocycles. The van der Waals surface area contributed by atoms with Crippen LogP contribution in [-0.2, 0) is 0 Å². The largest absolute Gasteiger partial charge is 0.317 e. The van der Waals surface area contributed by atoms with Gasteiger partial charge >= 0.3 is 0 Å². The van der Waals surface area contributed by atoms with Crippen LogP contribution < -0.4 is 5.32 Å². The van der Waals surface area contributed by atoms with Gasteiger partial charge in [0.25, 0.3) is 5.92 Å². The van der Waals surface area contributed by atoms with Crippen LogP contribution in [0.4, 0.5) is 8.78 Å². The average Bonchev–Trinajstić information content (AvgIpc) is 2.69. The van der Waals surface area contributed by atoms with Gasteiger partial charge in [0.15, 0.2) is 0 Å². The number of hydrogen-bond acceptors (Lipinski definition) is 1. The summed E-state index contributed by atoms with van der Waals surface area (Å²) in [7, 11) is 0. The molecule has 1 N–H and O–H groups in total. The molecule has 3 heteroatoms. The summed E-state index contributed by atoms with van der Waals surface area (Å²) in [4.78, 5) is 0. The Hall–Kier alpha value is -0.180. The van der Waals surface area contributed by atoms with Crippen LogP contribution in [-0.4, -0.2) is 19.0 Å². The molecule has 2 fully saturated rings. The Bertz CT molecular complexity index is 187. The Morgan fingerprint density at radius 1 is 1.31 bits per heavy atom. The SMILES string of the molecule is CCC1C(C2CCNCC2)C1(F)F. The van der Waals surface area contributed by atoms with E-state index in [2.05, 4.69) is 5.32 Å². The van der Waals surface area contributed by atoms with Crippen LogP contribution in [0.2, 0.25) is 0 Å². The van der Waals surface area contributed by atoms with Gasteiger partial charge in [-0.05, 0) is 38.3 Å². The molecule has 1 aliphatic heterocycles. The van der Waals surface area contributed by atoms with Crippen molar-refractivity contribution >= 4 is 0 Å². The van der Waals surface area contributed by atoms with Crippen molar-refractivity contribution in [1.82, 2.24) is 5.32 Å². The predicted octanol–water partition coefficient (Wildman–Crippen LogP) is 2.28. The first-order valence-corrected chi connectivity index (χ1v) is 5.26. The second-order valence-corrected chi connectivity index (χ2v) is 4.30. The summed E-state index contributed by atoms with van der Waals surface area (Å²) in [5.41, 5.74) is 0. The summed E-state index contributed by atoms with van der Waals surface area (Å²) < 4.78 is 26.5. The maximum Gasteiger partial charge on any atom is 0.254 e. The van der Waals surface area contributed by atoms with Crippen molar-refractivity contribution in [3.8, 4) is 0 Å². The highest BCUT2D eigenvalue weighted by Crippen LogP contribution is 2.61. The van der Waals surface area contributed by atoms with Crippen molar-refractivity contribution in [2.75, 3.05) is 13.1 Å². The van der Waals surface area contributed by atoms with E-state index >= 15 is 0 Å². The normalized spacial score (nSPS) is 39.0. The Kier molecular flexibility index (Phi) is 2.30. The zero-order valence-electron chi connectivity index (χ0n) is 8.02. The lowest BCUT2D eigenvalue weighted by Crippen LogP contribution is -2.29. The van der Waals surface area contributed by atoms with Crippen LogP contribution in [0.3, 0.4) is 0 Å². The van der Waals surface area contributed by atoms with Crippen molar-refractivity contribution in [3.05, 3.63) is 0 Å². The fourth-order valence-corrected chi connectivity index (χ4v) is 2.79. The van der Waals surface area contributed by atoms with E-state index in [0.29, 0.717) is 6.42 Å². The molecule has 13 heavy (non-hydrogen) atoms. The van der Waals surface area contributed by atoms with Gasteiger partial charge in [0.2, 0.25) is 0 Å². The quantitative estimate of drug-likeness (QED) is 0.702. The standard InChI is InChI=1S/C10H17F2N/c1-2-8-9(10(8,11)12)7-3-5-13-6-4-7/h7-9,13H,2-6H2,1H3. The summed E-state index contributed by atoms with van der Waals surface area (Å²) in [6, 6.07) is 0. The minimum atomic E-state index is -2.34. The zero-order chi connectivity index (χ0) is 9.47. The number of rotatable bonds is 2. The van der Waals surface area contributed by atoms with Crippen molar-refractivity contribution in [2.24, 2.45) is 17.8 Å². The summed E-state index contributed by atoms with van der Waals surface area (Å²) >= 11 is 0. The van der Waals surface area contributed by atoms with Crippen LogP contribution in [0.15, 0.2) is 0 Å². The van der Waals surface area contributed by atoms with Crippen LogP contribution >= 0.6 is 0 Å². The number of nitrogens with one attached hydrogen (secondary N) is 1. The van der Waals surface area contributed by atoms with Crippen molar-refractivity contribution in [1.29, 1.82) is 0 Å². The zero-order valence-corrected chi connectivity index (χ0v) is 8.02. The second-order valence-electron chi connectivity index (χ2n) is 4.30. The minimum absolute atomic E-state index is 0.279. The van der Waals surface area contributed by atoms with Gasteiger partial charge in [0, 0.05) is 11.8 Å². The molecule has 1 saturated carbocycles. The first kappa shape index (κ1) is 9.38. The van der Waals surface area contributed by atoms with Gasteiger partial charge < -0.3 is 5.32 Å². The highest BCUT2D eigenvalue weighted by Gasteiger charge is 2.68. The molecule has 76 valence electrons. The molecule has 2 unspecified atom stereocenters. The third-order valence-corrected chi connectivity index (χ3v) is 3.59. The lowest BCUT2D eigenvalue weighted by atomic mass is 9.91. The number of halogens is 2. The first-order valence-electron chi connectivity index (χ1n) is 5.26. The van der Waals surface area contributed by atoms with Crippen LogP contribution in [0.5, 0.6) is 0 Å². The monoisotopic (exact) mass is 189 g/mol. The minimum Gasteiger partial charge on any atom is -0.317 e. The maximum atomic E-state index is 13.2. The van der Waals surface area contributed by atoms with Crippen LogP contribution in [0.1, 0.15) is 26.2 Å². The third-order valence-electron chi connectivity index (χ3n) is 3.59. The lowest BCUT2D eigenvalue weighted by Gasteiger charge is -2.22. The van der Waals surface area contributed by atoms with Gasteiger partial charge in [-0.15, -0.1) is 0 Å². The van der Waals surface area contributed by atoms with Crippen molar-refractivity contribution < 1.29 is 8.78 Å². The highest BCUT2D eigenvalue weighted by molar-refractivity contribution is 5.07. The van der Waals surface area contributed by atoms with Crippen LogP contribution in [0, 0.1) is 17.8 Å². The molecule has 2 atom stereocenters. The summed E-state index contributed by atoms with van der Waals surface area (Å²) in [5, 5.41) is 3.21. The summed E-state index contributed by atoms with van der Waals surface area (Å²) in [6.45, 7) is 3.72. The van der Waals surface area contributed by atoms with E-state index in [4.69, 9.17) is 0 Å². The van der Waals surface area contributed by atoms with E-state index in [1.807, 2.05) is 6.92 Å². The Morgan fingerprint density at radius 3 is 2.38 bits per heavy atom. The summed E-state index contributed by atoms with van der Waals surface area (Å²) in [6.07, 6.45) is 2.52. The van der Waals surface area contributed by atoms with Gasteiger partial charge in [0.1, 0.15) is 0 Å². The molecular formula is C10H17F2N. The summed E-state index contributed by atoms with van der Waals surface area (Å²) in [5.74, 6) is -2.66.